The van der Waals surface area contributed by atoms with E-state index in [0.717, 1.165) is 16.3 Å². The summed E-state index contributed by atoms with van der Waals surface area (Å²) in [6.45, 7) is 3.96. The molecule has 1 atom stereocenters. The molecule has 1 aliphatic carbocycles. The minimum Gasteiger partial charge on any atom is -0.301 e. The van der Waals surface area contributed by atoms with Gasteiger partial charge in [0, 0.05) is 22.7 Å². The number of benzene rings is 1. The molecule has 2 nitrogen and oxygen atoms in total. The molecule has 100 valence electrons. The fraction of sp³-hybridized carbons (Fsp3) is 0.400. The quantitative estimate of drug-likeness (QED) is 0.920. The van der Waals surface area contributed by atoms with Crippen LogP contribution in [0.4, 0.5) is 4.39 Å². The van der Waals surface area contributed by atoms with Gasteiger partial charge in [0.05, 0.1) is 6.04 Å². The Bertz CT molecular complexity index is 590. The van der Waals surface area contributed by atoms with Crippen molar-refractivity contribution >= 4 is 11.3 Å². The molecule has 4 heteroatoms. The molecular formula is C15H17FN2S. The van der Waals surface area contributed by atoms with E-state index in [1.807, 2.05) is 25.3 Å². The predicted octanol–water partition coefficient (Wildman–Crippen LogP) is 3.74. The molecule has 1 saturated carbocycles. The van der Waals surface area contributed by atoms with Gasteiger partial charge in [0.1, 0.15) is 10.8 Å². The minimum atomic E-state index is -0.156. The highest BCUT2D eigenvalue weighted by Crippen LogP contribution is 2.32. The average molecular weight is 276 g/mol. The Morgan fingerprint density at radius 2 is 2.16 bits per heavy atom. The molecule has 1 fully saturated rings. The van der Waals surface area contributed by atoms with E-state index >= 15 is 0 Å². The maximum absolute atomic E-state index is 14.1. The molecule has 0 aliphatic heterocycles. The first-order valence-electron chi connectivity index (χ1n) is 6.57. The molecule has 1 N–H and O–H groups in total. The number of hydrogen-bond donors (Lipinski definition) is 1. The van der Waals surface area contributed by atoms with Crippen LogP contribution in [-0.2, 0) is 0 Å². The maximum Gasteiger partial charge on any atom is 0.128 e. The van der Waals surface area contributed by atoms with E-state index in [9.17, 15) is 4.39 Å². The van der Waals surface area contributed by atoms with Crippen LogP contribution < -0.4 is 5.32 Å². The summed E-state index contributed by atoms with van der Waals surface area (Å²) in [7, 11) is 0. The van der Waals surface area contributed by atoms with E-state index in [-0.39, 0.29) is 11.9 Å². The monoisotopic (exact) mass is 276 g/mol. The Labute approximate surface area is 116 Å². The highest BCUT2D eigenvalue weighted by molar-refractivity contribution is 7.09. The molecule has 1 heterocycles. The van der Waals surface area contributed by atoms with Gasteiger partial charge >= 0.3 is 0 Å². The van der Waals surface area contributed by atoms with Crippen molar-refractivity contribution in [2.45, 2.75) is 38.8 Å². The van der Waals surface area contributed by atoms with Crippen LogP contribution >= 0.6 is 11.3 Å². The van der Waals surface area contributed by atoms with Gasteiger partial charge in [-0.25, -0.2) is 9.37 Å². The number of rotatable bonds is 4. The van der Waals surface area contributed by atoms with Gasteiger partial charge in [-0.05, 0) is 32.8 Å². The Kier molecular flexibility index (Phi) is 3.37. The number of thiazole rings is 1. The largest absolute Gasteiger partial charge is 0.301 e. The summed E-state index contributed by atoms with van der Waals surface area (Å²) in [6, 6.07) is 5.67. The molecule has 1 aromatic heterocycles. The molecule has 0 saturated heterocycles. The Morgan fingerprint density at radius 3 is 2.79 bits per heavy atom. The molecule has 19 heavy (non-hydrogen) atoms. The normalized spacial score (nSPS) is 16.6. The zero-order valence-corrected chi connectivity index (χ0v) is 11.9. The number of nitrogens with zero attached hydrogens (tertiary/aromatic N) is 1. The molecule has 1 aliphatic rings. The standard InChI is InChI=1S/C15H17FN2S/c1-9-3-6-13(16)12(7-9)14(18-11-4-5-11)15-17-10(2)8-19-15/h3,6-8,11,14,18H,4-5H2,1-2H3. The third-order valence-corrected chi connectivity index (χ3v) is 4.35. The van der Waals surface area contributed by atoms with E-state index < -0.39 is 0 Å². The number of aryl methyl sites for hydroxylation is 2. The average Bonchev–Trinajstić information content (AvgIpc) is 3.10. The van der Waals surface area contributed by atoms with Crippen molar-refractivity contribution in [2.24, 2.45) is 0 Å². The van der Waals surface area contributed by atoms with E-state index in [4.69, 9.17) is 0 Å². The summed E-state index contributed by atoms with van der Waals surface area (Å²) in [5.74, 6) is -0.156. The number of aromatic nitrogens is 1. The first-order chi connectivity index (χ1) is 9.13. The lowest BCUT2D eigenvalue weighted by atomic mass is 10.0. The van der Waals surface area contributed by atoms with E-state index in [0.29, 0.717) is 11.6 Å². The summed E-state index contributed by atoms with van der Waals surface area (Å²) in [6.07, 6.45) is 2.35. The highest BCUT2D eigenvalue weighted by atomic mass is 32.1. The van der Waals surface area contributed by atoms with Crippen molar-refractivity contribution in [1.29, 1.82) is 0 Å². The summed E-state index contributed by atoms with van der Waals surface area (Å²) in [5.41, 5.74) is 2.78. The summed E-state index contributed by atoms with van der Waals surface area (Å²) in [5, 5.41) is 6.48. The van der Waals surface area contributed by atoms with Crippen LogP contribution in [0.5, 0.6) is 0 Å². The molecule has 3 rings (SSSR count). The van der Waals surface area contributed by atoms with Gasteiger partial charge in [0.25, 0.3) is 0 Å². The van der Waals surface area contributed by atoms with Gasteiger partial charge in [0.2, 0.25) is 0 Å². The lowest BCUT2D eigenvalue weighted by Gasteiger charge is -2.18. The number of nitrogens with one attached hydrogen (secondary N) is 1. The predicted molar refractivity (Wildman–Crippen MR) is 76.0 cm³/mol. The number of hydrogen-bond acceptors (Lipinski definition) is 3. The van der Waals surface area contributed by atoms with Crippen molar-refractivity contribution in [1.82, 2.24) is 10.3 Å². The Balaban J connectivity index is 2.00. The van der Waals surface area contributed by atoms with Gasteiger partial charge in [-0.3, -0.25) is 0 Å². The first-order valence-corrected chi connectivity index (χ1v) is 7.45. The molecule has 0 amide bonds. The Morgan fingerprint density at radius 1 is 1.37 bits per heavy atom. The second kappa shape index (κ2) is 5.02. The van der Waals surface area contributed by atoms with Crippen LogP contribution in [0, 0.1) is 19.7 Å². The van der Waals surface area contributed by atoms with Gasteiger partial charge in [0.15, 0.2) is 0 Å². The topological polar surface area (TPSA) is 24.9 Å². The summed E-state index contributed by atoms with van der Waals surface area (Å²) >= 11 is 1.60. The zero-order valence-electron chi connectivity index (χ0n) is 11.1. The fourth-order valence-corrected chi connectivity index (χ4v) is 3.04. The zero-order chi connectivity index (χ0) is 13.4. The van der Waals surface area contributed by atoms with Crippen LogP contribution in [0.1, 0.15) is 40.7 Å². The van der Waals surface area contributed by atoms with E-state index in [2.05, 4.69) is 10.3 Å². The van der Waals surface area contributed by atoms with Crippen molar-refractivity contribution in [2.75, 3.05) is 0 Å². The van der Waals surface area contributed by atoms with Gasteiger partial charge in [-0.15, -0.1) is 11.3 Å². The molecule has 0 radical (unpaired) electrons. The van der Waals surface area contributed by atoms with Crippen LogP contribution in [0.3, 0.4) is 0 Å². The van der Waals surface area contributed by atoms with Crippen molar-refractivity contribution < 1.29 is 4.39 Å². The second-order valence-corrected chi connectivity index (χ2v) is 6.12. The molecule has 0 bridgehead atoms. The van der Waals surface area contributed by atoms with Crippen molar-refractivity contribution in [3.63, 3.8) is 0 Å². The lowest BCUT2D eigenvalue weighted by molar-refractivity contribution is 0.544. The van der Waals surface area contributed by atoms with E-state index in [1.54, 1.807) is 23.5 Å². The Hall–Kier alpha value is -1.26. The lowest BCUT2D eigenvalue weighted by Crippen LogP contribution is -2.25. The molecule has 0 spiro atoms. The first kappa shape index (κ1) is 12.8. The summed E-state index contributed by atoms with van der Waals surface area (Å²) < 4.78 is 14.1. The van der Waals surface area contributed by atoms with Crippen LogP contribution in [-0.4, -0.2) is 11.0 Å². The van der Waals surface area contributed by atoms with Crippen LogP contribution in [0.15, 0.2) is 23.6 Å². The third-order valence-electron chi connectivity index (χ3n) is 3.33. The fourth-order valence-electron chi connectivity index (χ4n) is 2.17. The third kappa shape index (κ3) is 2.85. The van der Waals surface area contributed by atoms with Gasteiger partial charge in [-0.1, -0.05) is 17.7 Å². The van der Waals surface area contributed by atoms with Crippen LogP contribution in [0.2, 0.25) is 0 Å². The SMILES string of the molecule is Cc1ccc(F)c(C(NC2CC2)c2nc(C)cs2)c1. The highest BCUT2D eigenvalue weighted by Gasteiger charge is 2.29. The van der Waals surface area contributed by atoms with Crippen LogP contribution in [0.25, 0.3) is 0 Å². The molecule has 1 aromatic carbocycles. The van der Waals surface area contributed by atoms with E-state index in [1.165, 1.54) is 12.8 Å². The number of halogens is 1. The smallest absolute Gasteiger partial charge is 0.128 e. The molecule has 1 unspecified atom stereocenters. The molecular weight excluding hydrogens is 259 g/mol. The minimum absolute atomic E-state index is 0.119. The molecule has 2 aromatic rings. The van der Waals surface area contributed by atoms with Gasteiger partial charge < -0.3 is 5.32 Å². The van der Waals surface area contributed by atoms with Gasteiger partial charge in [-0.2, -0.15) is 0 Å². The second-order valence-electron chi connectivity index (χ2n) is 5.23. The van der Waals surface area contributed by atoms with Crippen molar-refractivity contribution in [3.05, 3.63) is 51.2 Å². The summed E-state index contributed by atoms with van der Waals surface area (Å²) in [4.78, 5) is 4.53. The maximum atomic E-state index is 14.1. The van der Waals surface area contributed by atoms with Crippen molar-refractivity contribution in [3.8, 4) is 0 Å².